The number of allylic oxidation sites excluding steroid dienone is 1. The Kier molecular flexibility index (Phi) is 7.06. The van der Waals surface area contributed by atoms with E-state index in [1.807, 2.05) is 67.3 Å². The van der Waals surface area contributed by atoms with Gasteiger partial charge < -0.3 is 9.64 Å². The van der Waals surface area contributed by atoms with Gasteiger partial charge in [0.1, 0.15) is 0 Å². The monoisotopic (exact) mass is 419 g/mol. The predicted octanol–water partition coefficient (Wildman–Crippen LogP) is 4.11. The Labute approximate surface area is 183 Å². The molecule has 3 rings (SSSR count). The Hall–Kier alpha value is -3.21. The lowest BCUT2D eigenvalue weighted by atomic mass is 9.80. The van der Waals surface area contributed by atoms with Crippen LogP contribution < -0.4 is 0 Å². The summed E-state index contributed by atoms with van der Waals surface area (Å²) in [6, 6.07) is 16.9. The number of carbonyl (C=O) groups excluding carboxylic acids is 3. The Morgan fingerprint density at radius 3 is 2.42 bits per heavy atom. The summed E-state index contributed by atoms with van der Waals surface area (Å²) in [4.78, 5) is 38.7. The maximum Gasteiger partial charge on any atom is 0.337 e. The lowest BCUT2D eigenvalue weighted by Gasteiger charge is -2.24. The molecule has 2 aromatic rings. The second kappa shape index (κ2) is 9.73. The van der Waals surface area contributed by atoms with Crippen LogP contribution in [0.4, 0.5) is 0 Å². The van der Waals surface area contributed by atoms with Gasteiger partial charge in [0.2, 0.25) is 5.91 Å². The number of amides is 1. The van der Waals surface area contributed by atoms with Crippen molar-refractivity contribution >= 4 is 17.7 Å². The fraction of sp³-hybridized carbons (Fsp3) is 0.346. The van der Waals surface area contributed by atoms with Crippen molar-refractivity contribution in [3.05, 3.63) is 83.4 Å². The fourth-order valence-corrected chi connectivity index (χ4v) is 3.83. The standard InChI is InChI=1S/C26H29NO4/c1-26(2,21-7-5-4-6-8-21)23(28)15-13-22-14-16-24(29)27(22)18-17-19-9-11-20(12-10-19)25(30)31-3/h4-13,15,22H,14,16-18H2,1-3H3/b15-13+/t22-/m0/s1. The lowest BCUT2D eigenvalue weighted by Crippen LogP contribution is -2.34. The van der Waals surface area contributed by atoms with Gasteiger partial charge in [-0.05, 0) is 56.0 Å². The van der Waals surface area contributed by atoms with Gasteiger partial charge in [0, 0.05) is 13.0 Å². The molecule has 0 aliphatic carbocycles. The third-order valence-electron chi connectivity index (χ3n) is 5.97. The van der Waals surface area contributed by atoms with Gasteiger partial charge in [-0.2, -0.15) is 0 Å². The Balaban J connectivity index is 1.63. The molecule has 0 unspecified atom stereocenters. The van der Waals surface area contributed by atoms with Crippen LogP contribution in [0.3, 0.4) is 0 Å². The highest BCUT2D eigenvalue weighted by atomic mass is 16.5. The number of esters is 1. The van der Waals surface area contributed by atoms with Crippen LogP contribution >= 0.6 is 0 Å². The number of carbonyl (C=O) groups is 3. The van der Waals surface area contributed by atoms with Crippen molar-refractivity contribution in [3.8, 4) is 0 Å². The molecular formula is C26H29NO4. The van der Waals surface area contributed by atoms with Gasteiger partial charge in [0.25, 0.3) is 0 Å². The number of ether oxygens (including phenoxy) is 1. The van der Waals surface area contributed by atoms with Gasteiger partial charge in [0.05, 0.1) is 24.1 Å². The zero-order chi connectivity index (χ0) is 22.4. The van der Waals surface area contributed by atoms with E-state index in [0.717, 1.165) is 17.5 Å². The zero-order valence-corrected chi connectivity index (χ0v) is 18.3. The molecule has 0 bridgehead atoms. The summed E-state index contributed by atoms with van der Waals surface area (Å²) >= 11 is 0. The number of likely N-dealkylation sites (tertiary alicyclic amines) is 1. The van der Waals surface area contributed by atoms with Crippen molar-refractivity contribution in [1.29, 1.82) is 0 Å². The highest BCUT2D eigenvalue weighted by Crippen LogP contribution is 2.26. The van der Waals surface area contributed by atoms with Crippen LogP contribution in [-0.2, 0) is 26.2 Å². The summed E-state index contributed by atoms with van der Waals surface area (Å²) in [5.74, 6) is -0.235. The Bertz CT molecular complexity index is 961. The first-order chi connectivity index (χ1) is 14.8. The Morgan fingerprint density at radius 1 is 1.10 bits per heavy atom. The summed E-state index contributed by atoms with van der Waals surface area (Å²) in [5, 5.41) is 0. The van der Waals surface area contributed by atoms with Crippen molar-refractivity contribution in [1.82, 2.24) is 4.90 Å². The molecule has 31 heavy (non-hydrogen) atoms. The molecule has 1 atom stereocenters. The molecular weight excluding hydrogens is 390 g/mol. The van der Waals surface area contributed by atoms with Crippen molar-refractivity contribution in [2.75, 3.05) is 13.7 Å². The summed E-state index contributed by atoms with van der Waals surface area (Å²) in [5.41, 5.74) is 1.90. The normalized spacial score (nSPS) is 16.7. The van der Waals surface area contributed by atoms with Crippen LogP contribution in [0, 0.1) is 0 Å². The van der Waals surface area contributed by atoms with Gasteiger partial charge >= 0.3 is 5.97 Å². The van der Waals surface area contributed by atoms with E-state index in [1.54, 1.807) is 18.2 Å². The quantitative estimate of drug-likeness (QED) is 0.477. The van der Waals surface area contributed by atoms with Crippen LogP contribution in [0.1, 0.15) is 48.2 Å². The number of methoxy groups -OCH3 is 1. The van der Waals surface area contributed by atoms with Crippen LogP contribution in [0.15, 0.2) is 66.7 Å². The average Bonchev–Trinajstić information content (AvgIpc) is 3.15. The highest BCUT2D eigenvalue weighted by Gasteiger charge is 2.31. The molecule has 0 aromatic heterocycles. The molecule has 162 valence electrons. The molecule has 1 saturated heterocycles. The maximum absolute atomic E-state index is 12.9. The van der Waals surface area contributed by atoms with E-state index in [2.05, 4.69) is 0 Å². The molecule has 0 radical (unpaired) electrons. The number of benzene rings is 2. The van der Waals surface area contributed by atoms with Gasteiger partial charge in [0.15, 0.2) is 5.78 Å². The molecule has 0 saturated carbocycles. The van der Waals surface area contributed by atoms with Crippen molar-refractivity contribution in [3.63, 3.8) is 0 Å². The van der Waals surface area contributed by atoms with Gasteiger partial charge in [-0.1, -0.05) is 48.5 Å². The first-order valence-corrected chi connectivity index (χ1v) is 10.6. The maximum atomic E-state index is 12.9. The summed E-state index contributed by atoms with van der Waals surface area (Å²) in [6.07, 6.45) is 5.40. The molecule has 2 aromatic carbocycles. The predicted molar refractivity (Wildman–Crippen MR) is 120 cm³/mol. The lowest BCUT2D eigenvalue weighted by molar-refractivity contribution is -0.128. The SMILES string of the molecule is COC(=O)c1ccc(CCN2C(=O)CC[C@@H]2/C=C/C(=O)C(C)(C)c2ccccc2)cc1. The summed E-state index contributed by atoms with van der Waals surface area (Å²) < 4.78 is 4.72. The number of hydrogen-bond acceptors (Lipinski definition) is 4. The molecule has 1 aliphatic rings. The van der Waals surface area contributed by atoms with E-state index in [-0.39, 0.29) is 23.7 Å². The van der Waals surface area contributed by atoms with Crippen LogP contribution in [0.2, 0.25) is 0 Å². The third kappa shape index (κ3) is 5.29. The van der Waals surface area contributed by atoms with Crippen LogP contribution in [-0.4, -0.2) is 42.3 Å². The molecule has 1 aliphatic heterocycles. The van der Waals surface area contributed by atoms with Gasteiger partial charge in [-0.3, -0.25) is 9.59 Å². The first-order valence-electron chi connectivity index (χ1n) is 10.6. The van der Waals surface area contributed by atoms with Gasteiger partial charge in [-0.25, -0.2) is 4.79 Å². The van der Waals surface area contributed by atoms with Gasteiger partial charge in [-0.15, -0.1) is 0 Å². The zero-order valence-electron chi connectivity index (χ0n) is 18.3. The fourth-order valence-electron chi connectivity index (χ4n) is 3.83. The van der Waals surface area contributed by atoms with E-state index < -0.39 is 5.41 Å². The smallest absolute Gasteiger partial charge is 0.337 e. The number of ketones is 1. The third-order valence-corrected chi connectivity index (χ3v) is 5.97. The molecule has 0 N–H and O–H groups in total. The largest absolute Gasteiger partial charge is 0.465 e. The first kappa shape index (κ1) is 22.5. The molecule has 0 spiro atoms. The average molecular weight is 420 g/mol. The highest BCUT2D eigenvalue weighted by molar-refractivity contribution is 5.98. The molecule has 1 heterocycles. The van der Waals surface area contributed by atoms with Crippen LogP contribution in [0.5, 0.6) is 0 Å². The molecule has 5 heteroatoms. The Morgan fingerprint density at radius 2 is 1.77 bits per heavy atom. The minimum absolute atomic E-state index is 0.0244. The molecule has 1 amide bonds. The van der Waals surface area contributed by atoms with Crippen molar-refractivity contribution in [2.24, 2.45) is 0 Å². The number of nitrogens with zero attached hydrogens (tertiary/aromatic N) is 1. The van der Waals surface area contributed by atoms with Crippen molar-refractivity contribution in [2.45, 2.75) is 44.6 Å². The summed E-state index contributed by atoms with van der Waals surface area (Å²) in [7, 11) is 1.36. The van der Waals surface area contributed by atoms with E-state index in [4.69, 9.17) is 4.74 Å². The van der Waals surface area contributed by atoms with Crippen molar-refractivity contribution < 1.29 is 19.1 Å². The van der Waals surface area contributed by atoms with E-state index in [0.29, 0.717) is 24.9 Å². The van der Waals surface area contributed by atoms with E-state index in [9.17, 15) is 14.4 Å². The molecule has 1 fully saturated rings. The minimum atomic E-state index is -0.618. The topological polar surface area (TPSA) is 63.7 Å². The van der Waals surface area contributed by atoms with E-state index >= 15 is 0 Å². The van der Waals surface area contributed by atoms with Crippen LogP contribution in [0.25, 0.3) is 0 Å². The second-order valence-corrected chi connectivity index (χ2v) is 8.35. The van der Waals surface area contributed by atoms with E-state index in [1.165, 1.54) is 7.11 Å². The second-order valence-electron chi connectivity index (χ2n) is 8.35. The number of hydrogen-bond donors (Lipinski definition) is 0. The summed E-state index contributed by atoms with van der Waals surface area (Å²) in [6.45, 7) is 4.41. The molecule has 5 nitrogen and oxygen atoms in total. The minimum Gasteiger partial charge on any atom is -0.465 e. The number of rotatable bonds is 8.